The van der Waals surface area contributed by atoms with Crippen molar-refractivity contribution in [1.82, 2.24) is 10.6 Å². The first-order chi connectivity index (χ1) is 21.3. The Bertz CT molecular complexity index is 1560. The molecule has 0 spiro atoms. The largest absolute Gasteiger partial charge is 0.481 e. The highest BCUT2D eigenvalue weighted by molar-refractivity contribution is 6.40. The Labute approximate surface area is 253 Å². The van der Waals surface area contributed by atoms with E-state index in [9.17, 15) is 46.6 Å². The van der Waals surface area contributed by atoms with Crippen LogP contribution in [-0.4, -0.2) is 53.3 Å². The van der Waals surface area contributed by atoms with E-state index in [0.29, 0.717) is 5.75 Å². The number of carboxylic acid groups (broad SMARTS) is 1. The van der Waals surface area contributed by atoms with Crippen LogP contribution < -0.4 is 25.4 Å². The molecule has 15 heteroatoms. The zero-order valence-corrected chi connectivity index (χ0v) is 23.7. The highest BCUT2D eigenvalue weighted by Crippen LogP contribution is 2.29. The molecule has 3 aromatic rings. The van der Waals surface area contributed by atoms with Gasteiger partial charge in [0.15, 0.2) is 28.9 Å². The molecule has 238 valence electrons. The van der Waals surface area contributed by atoms with Gasteiger partial charge in [-0.3, -0.25) is 24.0 Å². The van der Waals surface area contributed by atoms with Crippen molar-refractivity contribution in [3.8, 4) is 17.2 Å². The average Bonchev–Trinajstić information content (AvgIpc) is 2.99. The van der Waals surface area contributed by atoms with Crippen molar-refractivity contribution in [2.45, 2.75) is 32.4 Å². The van der Waals surface area contributed by atoms with Crippen LogP contribution in [0.15, 0.2) is 60.7 Å². The second kappa shape index (κ2) is 15.3. The molecule has 3 rings (SSSR count). The molecule has 0 fully saturated rings. The van der Waals surface area contributed by atoms with Gasteiger partial charge < -0.3 is 30.5 Å². The molecule has 3 aromatic carbocycles. The maximum Gasteiger partial charge on any atom is 0.313 e. The number of Topliss-reactive ketones (excluding diaryl/α,β-unsaturated/α-hetero) is 1. The first-order valence-electron chi connectivity index (χ1n) is 13.2. The summed E-state index contributed by atoms with van der Waals surface area (Å²) in [6.07, 6.45) is -1.03. The molecule has 3 amide bonds. The lowest BCUT2D eigenvalue weighted by Gasteiger charge is -2.24. The normalized spacial score (nSPS) is 12.1. The average molecular weight is 634 g/mol. The minimum Gasteiger partial charge on any atom is -0.481 e. The summed E-state index contributed by atoms with van der Waals surface area (Å²) in [5.74, 6) is -15.4. The Kier molecular flexibility index (Phi) is 11.6. The highest BCUT2D eigenvalue weighted by atomic mass is 19.2. The number of carbonyl (C=O) groups excluding carboxylic acids is 4. The monoisotopic (exact) mass is 633 g/mol. The van der Waals surface area contributed by atoms with Gasteiger partial charge in [0, 0.05) is 6.07 Å². The van der Waals surface area contributed by atoms with E-state index in [1.807, 2.05) is 0 Å². The predicted octanol–water partition coefficient (Wildman–Crippen LogP) is 3.72. The van der Waals surface area contributed by atoms with Crippen molar-refractivity contribution in [2.24, 2.45) is 5.92 Å². The SMILES string of the molecule is CC(C)[C@H](NC(=O)C(=O)Nc1ccccc1Oc1ccccc1)C(=O)N[C@@H](CC(=O)O)C(=O)COc1c(F)c(F)cc(F)c1F. The Morgan fingerprint density at radius 1 is 0.822 bits per heavy atom. The Morgan fingerprint density at radius 2 is 1.42 bits per heavy atom. The Hall–Kier alpha value is -5.47. The molecule has 0 heterocycles. The van der Waals surface area contributed by atoms with Crippen LogP contribution in [-0.2, 0) is 24.0 Å². The van der Waals surface area contributed by atoms with Gasteiger partial charge in [-0.05, 0) is 30.2 Å². The third kappa shape index (κ3) is 9.26. The minimum atomic E-state index is -1.93. The number of hydrogen-bond acceptors (Lipinski definition) is 7. The van der Waals surface area contributed by atoms with Crippen LogP contribution in [0.25, 0.3) is 0 Å². The number of ketones is 1. The molecule has 0 bridgehead atoms. The van der Waals surface area contributed by atoms with E-state index in [4.69, 9.17) is 4.74 Å². The fourth-order valence-corrected chi connectivity index (χ4v) is 3.80. The molecule has 0 aliphatic rings. The maximum absolute atomic E-state index is 13.9. The summed E-state index contributed by atoms with van der Waals surface area (Å²) in [4.78, 5) is 62.6. The summed E-state index contributed by atoms with van der Waals surface area (Å²) in [6.45, 7) is 1.67. The molecular weight excluding hydrogens is 606 g/mol. The van der Waals surface area contributed by atoms with Crippen molar-refractivity contribution in [3.63, 3.8) is 0 Å². The molecule has 0 unspecified atom stereocenters. The molecule has 0 aromatic heterocycles. The molecule has 4 N–H and O–H groups in total. The Morgan fingerprint density at radius 3 is 2.02 bits per heavy atom. The number of anilines is 1. The van der Waals surface area contributed by atoms with Crippen molar-refractivity contribution in [2.75, 3.05) is 11.9 Å². The van der Waals surface area contributed by atoms with Crippen LogP contribution in [0, 0.1) is 29.2 Å². The Balaban J connectivity index is 1.69. The quantitative estimate of drug-likeness (QED) is 0.126. The van der Waals surface area contributed by atoms with E-state index in [0.717, 1.165) is 0 Å². The highest BCUT2D eigenvalue weighted by Gasteiger charge is 2.32. The molecule has 0 aliphatic carbocycles. The molecule has 0 radical (unpaired) electrons. The van der Waals surface area contributed by atoms with Gasteiger partial charge in [-0.25, -0.2) is 8.78 Å². The second-order valence-corrected chi connectivity index (χ2v) is 9.77. The number of hydrogen-bond donors (Lipinski definition) is 4. The van der Waals surface area contributed by atoms with Gasteiger partial charge in [0.2, 0.25) is 17.5 Å². The van der Waals surface area contributed by atoms with Crippen molar-refractivity contribution in [1.29, 1.82) is 0 Å². The smallest absolute Gasteiger partial charge is 0.313 e. The van der Waals surface area contributed by atoms with E-state index >= 15 is 0 Å². The molecule has 45 heavy (non-hydrogen) atoms. The van der Waals surface area contributed by atoms with E-state index in [2.05, 4.69) is 20.7 Å². The molecule has 0 saturated carbocycles. The number of para-hydroxylation sites is 3. The number of benzene rings is 3. The summed E-state index contributed by atoms with van der Waals surface area (Å²) < 4.78 is 65.0. The first kappa shape index (κ1) is 34.0. The predicted molar refractivity (Wildman–Crippen MR) is 149 cm³/mol. The number of rotatable bonds is 13. The number of carbonyl (C=O) groups is 5. The molecule has 0 saturated heterocycles. The van der Waals surface area contributed by atoms with Crippen LogP contribution >= 0.6 is 0 Å². The zero-order valence-electron chi connectivity index (χ0n) is 23.7. The van der Waals surface area contributed by atoms with Crippen molar-refractivity contribution < 1.29 is 56.1 Å². The third-order valence-corrected chi connectivity index (χ3v) is 6.06. The van der Waals surface area contributed by atoms with Crippen LogP contribution in [0.1, 0.15) is 20.3 Å². The third-order valence-electron chi connectivity index (χ3n) is 6.06. The van der Waals surface area contributed by atoms with Crippen LogP contribution in [0.4, 0.5) is 23.2 Å². The van der Waals surface area contributed by atoms with Gasteiger partial charge >= 0.3 is 17.8 Å². The summed E-state index contributed by atoms with van der Waals surface area (Å²) in [7, 11) is 0. The van der Waals surface area contributed by atoms with Gasteiger partial charge in [0.25, 0.3) is 0 Å². The van der Waals surface area contributed by atoms with Crippen molar-refractivity contribution in [3.05, 3.63) is 83.9 Å². The van der Waals surface area contributed by atoms with E-state index in [-0.39, 0.29) is 17.5 Å². The summed E-state index contributed by atoms with van der Waals surface area (Å²) in [5.41, 5.74) is 0.130. The number of aliphatic carboxylic acids is 1. The lowest BCUT2D eigenvalue weighted by atomic mass is 10.0. The van der Waals surface area contributed by atoms with Gasteiger partial charge in [-0.2, -0.15) is 8.78 Å². The van der Waals surface area contributed by atoms with Gasteiger partial charge in [0.1, 0.15) is 24.4 Å². The van der Waals surface area contributed by atoms with E-state index < -0.39 is 89.5 Å². The number of nitrogens with one attached hydrogen (secondary N) is 3. The molecule has 11 nitrogen and oxygen atoms in total. The number of ether oxygens (including phenoxy) is 2. The minimum absolute atomic E-state index is 0.0787. The van der Waals surface area contributed by atoms with Crippen molar-refractivity contribution >= 4 is 35.2 Å². The summed E-state index contributed by atoms with van der Waals surface area (Å²) in [6, 6.07) is 11.4. The number of halogens is 4. The summed E-state index contributed by atoms with van der Waals surface area (Å²) >= 11 is 0. The fourth-order valence-electron chi connectivity index (χ4n) is 3.80. The van der Waals surface area contributed by atoms with E-state index in [1.165, 1.54) is 19.9 Å². The number of carboxylic acids is 1. The topological polar surface area (TPSA) is 160 Å². The van der Waals surface area contributed by atoms with Gasteiger partial charge in [-0.15, -0.1) is 0 Å². The van der Waals surface area contributed by atoms with Gasteiger partial charge in [0.05, 0.1) is 12.1 Å². The second-order valence-electron chi connectivity index (χ2n) is 9.77. The summed E-state index contributed by atoms with van der Waals surface area (Å²) in [5, 5.41) is 15.9. The van der Waals surface area contributed by atoms with Crippen LogP contribution in [0.5, 0.6) is 17.2 Å². The van der Waals surface area contributed by atoms with Crippen LogP contribution in [0.2, 0.25) is 0 Å². The molecule has 2 atom stereocenters. The van der Waals surface area contributed by atoms with Gasteiger partial charge in [-0.1, -0.05) is 44.2 Å². The lowest BCUT2D eigenvalue weighted by molar-refractivity contribution is -0.141. The van der Waals surface area contributed by atoms with E-state index in [1.54, 1.807) is 48.5 Å². The fraction of sp³-hybridized carbons (Fsp3) is 0.233. The standard InChI is InChI=1S/C30H27F4N3O8/c1-15(2)26(37-30(43)29(42)35-19-10-6-7-11-22(19)45-16-8-4-3-5-9-16)28(41)36-20(13-23(39)40)21(38)14-44-27-24(33)17(31)12-18(32)25(27)34/h3-12,15,20,26H,13-14H2,1-2H3,(H,35,42)(H,36,41)(H,37,43)(H,39,40)/t20-,26-/m0/s1. The van der Waals surface area contributed by atoms with Crippen LogP contribution in [0.3, 0.4) is 0 Å². The molecular formula is C30H27F4N3O8. The number of amides is 3. The lowest BCUT2D eigenvalue weighted by Crippen LogP contribution is -2.56. The molecule has 0 aliphatic heterocycles. The first-order valence-corrected chi connectivity index (χ1v) is 13.2. The maximum atomic E-state index is 13.9. The zero-order chi connectivity index (χ0) is 33.3.